The average molecular weight is 648 g/mol. The van der Waals surface area contributed by atoms with E-state index in [-0.39, 0.29) is 6.54 Å². The lowest BCUT2D eigenvalue weighted by Gasteiger charge is -2.35. The van der Waals surface area contributed by atoms with E-state index in [4.69, 9.17) is 0 Å². The van der Waals surface area contributed by atoms with E-state index in [1.807, 2.05) is 21.1 Å². The molecule has 0 radical (unpaired) electrons. The second kappa shape index (κ2) is 14.9. The SMILES string of the molecule is CCl.C[N+](C)(C)CCCNS(=O)(=O)CCCCC(CC(CC(F)(C(F)(F)F)C(F)(F)F)C(F)(F)F)C(F)(F)F. The maximum atomic E-state index is 13.9. The van der Waals surface area contributed by atoms with Gasteiger partial charge in [-0.2, -0.15) is 52.7 Å². The molecule has 0 aliphatic heterocycles. The van der Waals surface area contributed by atoms with Crippen molar-refractivity contribution in [3.8, 4) is 0 Å². The number of nitrogens with zero attached hydrogens (tertiary/aromatic N) is 1. The minimum Gasteiger partial charge on any atom is -0.331 e. The van der Waals surface area contributed by atoms with Crippen molar-refractivity contribution in [2.24, 2.45) is 11.8 Å². The fourth-order valence-electron chi connectivity index (χ4n) is 3.36. The minimum atomic E-state index is -6.87. The first-order chi connectivity index (χ1) is 17.1. The quantitative estimate of drug-likeness (QED) is 0.0956. The average Bonchev–Trinajstić information content (AvgIpc) is 2.70. The molecule has 0 aromatic rings. The van der Waals surface area contributed by atoms with Crippen LogP contribution in [0.1, 0.15) is 38.5 Å². The molecule has 0 amide bonds. The summed E-state index contributed by atoms with van der Waals surface area (Å²) in [6.45, 7) is 0.596. The van der Waals surface area contributed by atoms with Gasteiger partial charge in [0.2, 0.25) is 10.0 Å². The number of hydrogen-bond donors (Lipinski definition) is 1. The molecule has 0 saturated carbocycles. The molecule has 2 atom stereocenters. The van der Waals surface area contributed by atoms with Crippen molar-refractivity contribution in [2.45, 2.75) is 68.9 Å². The highest BCUT2D eigenvalue weighted by molar-refractivity contribution is 7.89. The second-order valence-corrected chi connectivity index (χ2v) is 11.7. The van der Waals surface area contributed by atoms with Gasteiger partial charge in [-0.1, -0.05) is 6.42 Å². The van der Waals surface area contributed by atoms with Crippen molar-refractivity contribution < 1.29 is 70.0 Å². The molecular formula is C20H33ClF13N2O2S+. The highest BCUT2D eigenvalue weighted by Crippen LogP contribution is 2.53. The van der Waals surface area contributed by atoms with Gasteiger partial charge in [0.25, 0.3) is 5.67 Å². The minimum absolute atomic E-state index is 0.0136. The molecular weight excluding hydrogens is 615 g/mol. The van der Waals surface area contributed by atoms with E-state index >= 15 is 0 Å². The second-order valence-electron chi connectivity index (χ2n) is 9.79. The first-order valence-corrected chi connectivity index (χ1v) is 13.6. The lowest BCUT2D eigenvalue weighted by Crippen LogP contribution is -2.55. The Kier molecular flexibility index (Phi) is 15.5. The van der Waals surface area contributed by atoms with Gasteiger partial charge >= 0.3 is 24.7 Å². The van der Waals surface area contributed by atoms with Crippen molar-refractivity contribution in [2.75, 3.05) is 46.4 Å². The molecule has 0 aliphatic carbocycles. The molecule has 0 rings (SSSR count). The lowest BCUT2D eigenvalue weighted by atomic mass is 9.82. The van der Waals surface area contributed by atoms with Crippen molar-refractivity contribution >= 4 is 21.6 Å². The summed E-state index contributed by atoms with van der Waals surface area (Å²) < 4.78 is 196. The van der Waals surface area contributed by atoms with Gasteiger partial charge in [-0.25, -0.2) is 17.5 Å². The van der Waals surface area contributed by atoms with Crippen LogP contribution in [0.25, 0.3) is 0 Å². The summed E-state index contributed by atoms with van der Waals surface area (Å²) in [6.07, 6.45) is -31.3. The first-order valence-electron chi connectivity index (χ1n) is 11.2. The molecule has 4 nitrogen and oxygen atoms in total. The van der Waals surface area contributed by atoms with Gasteiger partial charge in [0.1, 0.15) is 0 Å². The summed E-state index contributed by atoms with van der Waals surface area (Å²) in [7, 11) is 1.57. The monoisotopic (exact) mass is 647 g/mol. The number of rotatable bonds is 14. The van der Waals surface area contributed by atoms with Gasteiger partial charge < -0.3 is 4.48 Å². The van der Waals surface area contributed by atoms with Gasteiger partial charge in [0.05, 0.1) is 45.3 Å². The fraction of sp³-hybridized carbons (Fsp3) is 1.00. The largest absolute Gasteiger partial charge is 0.431 e. The van der Waals surface area contributed by atoms with Crippen molar-refractivity contribution in [1.82, 2.24) is 4.72 Å². The molecule has 39 heavy (non-hydrogen) atoms. The molecule has 0 spiro atoms. The number of alkyl halides is 14. The number of hydrogen-bond acceptors (Lipinski definition) is 2. The van der Waals surface area contributed by atoms with Crippen LogP contribution in [0.2, 0.25) is 0 Å². The number of halogens is 14. The topological polar surface area (TPSA) is 46.2 Å². The van der Waals surface area contributed by atoms with Crippen LogP contribution in [-0.4, -0.2) is 89.6 Å². The van der Waals surface area contributed by atoms with E-state index in [9.17, 15) is 65.5 Å². The van der Waals surface area contributed by atoms with Gasteiger partial charge in [-0.05, 0) is 19.3 Å². The van der Waals surface area contributed by atoms with E-state index in [1.165, 1.54) is 6.38 Å². The first kappa shape index (κ1) is 40.4. The molecule has 0 fully saturated rings. The third kappa shape index (κ3) is 15.2. The number of unbranched alkanes of at least 4 members (excludes halogenated alkanes) is 1. The normalized spacial score (nSPS) is 15.9. The third-order valence-corrected chi connectivity index (χ3v) is 6.93. The van der Waals surface area contributed by atoms with Gasteiger partial charge in [0.15, 0.2) is 0 Å². The summed E-state index contributed by atoms with van der Waals surface area (Å²) in [5, 5.41) is 0. The number of quaternary nitrogens is 1. The van der Waals surface area contributed by atoms with Crippen LogP contribution in [0.15, 0.2) is 0 Å². The van der Waals surface area contributed by atoms with E-state index in [0.717, 1.165) is 0 Å². The van der Waals surface area contributed by atoms with Crippen LogP contribution >= 0.6 is 11.6 Å². The Morgan fingerprint density at radius 3 is 1.51 bits per heavy atom. The number of nitrogens with one attached hydrogen (secondary N) is 1. The Balaban J connectivity index is 0. The summed E-state index contributed by atoms with van der Waals surface area (Å²) >= 11 is 4.64. The molecule has 0 aliphatic rings. The molecule has 2 unspecified atom stereocenters. The fourth-order valence-corrected chi connectivity index (χ4v) is 4.54. The Morgan fingerprint density at radius 2 is 1.15 bits per heavy atom. The van der Waals surface area contributed by atoms with Gasteiger partial charge in [-0.15, -0.1) is 11.6 Å². The van der Waals surface area contributed by atoms with Crippen LogP contribution in [0.3, 0.4) is 0 Å². The maximum Gasteiger partial charge on any atom is 0.431 e. The van der Waals surface area contributed by atoms with Crippen molar-refractivity contribution in [3.63, 3.8) is 0 Å². The van der Waals surface area contributed by atoms with E-state index in [0.29, 0.717) is 17.4 Å². The van der Waals surface area contributed by atoms with Crippen molar-refractivity contribution in [3.05, 3.63) is 0 Å². The highest BCUT2D eigenvalue weighted by Gasteiger charge is 2.74. The predicted molar refractivity (Wildman–Crippen MR) is 119 cm³/mol. The summed E-state index contributed by atoms with van der Waals surface area (Å²) in [5.74, 6) is -7.69. The maximum absolute atomic E-state index is 13.9. The van der Waals surface area contributed by atoms with Crippen LogP contribution in [-0.2, 0) is 10.0 Å². The molecule has 1 N–H and O–H groups in total. The zero-order chi connectivity index (χ0) is 31.7. The van der Waals surface area contributed by atoms with Crippen LogP contribution < -0.4 is 4.72 Å². The van der Waals surface area contributed by atoms with Crippen LogP contribution in [0.5, 0.6) is 0 Å². The van der Waals surface area contributed by atoms with Crippen LogP contribution in [0, 0.1) is 11.8 Å². The molecule has 0 aromatic heterocycles. The highest BCUT2D eigenvalue weighted by atomic mass is 35.5. The zero-order valence-electron chi connectivity index (χ0n) is 21.5. The van der Waals surface area contributed by atoms with Gasteiger partial charge in [-0.3, -0.25) is 0 Å². The van der Waals surface area contributed by atoms with Crippen molar-refractivity contribution in [1.29, 1.82) is 0 Å². The summed E-state index contributed by atoms with van der Waals surface area (Å²) in [5.41, 5.74) is -6.39. The molecule has 238 valence electrons. The molecule has 0 bridgehead atoms. The summed E-state index contributed by atoms with van der Waals surface area (Å²) in [4.78, 5) is 0. The standard InChI is InChI=1S/C19H30F13N2O2S.CH3Cl/c1-34(2,3)9-6-8-33-37(35,36)10-5-4-7-13(16(21,22)23)11-14(17(24,25)26)12-15(20,18(27,28)29)19(30,31)32;1-2/h13-14,33H,4-12H2,1-3H3;1H3/q+1;. The number of sulfonamides is 1. The molecule has 0 heterocycles. The Bertz CT molecular complexity index is 791. The summed E-state index contributed by atoms with van der Waals surface area (Å²) in [6, 6.07) is 0. The zero-order valence-corrected chi connectivity index (χ0v) is 23.1. The van der Waals surface area contributed by atoms with E-state index in [1.54, 1.807) is 0 Å². The van der Waals surface area contributed by atoms with Crippen LogP contribution in [0.4, 0.5) is 57.1 Å². The smallest absolute Gasteiger partial charge is 0.331 e. The molecule has 0 saturated heterocycles. The predicted octanol–water partition coefficient (Wildman–Crippen LogP) is 7.00. The Hall–Kier alpha value is -0.750. The lowest BCUT2D eigenvalue weighted by molar-refractivity contribution is -0.870. The van der Waals surface area contributed by atoms with Gasteiger partial charge in [0, 0.05) is 25.8 Å². The Morgan fingerprint density at radius 1 is 0.718 bits per heavy atom. The molecule has 19 heteroatoms. The third-order valence-electron chi connectivity index (χ3n) is 5.46. The Labute approximate surface area is 223 Å². The molecule has 0 aromatic carbocycles. The van der Waals surface area contributed by atoms with E-state index < -0.39 is 90.1 Å². The van der Waals surface area contributed by atoms with E-state index in [2.05, 4.69) is 16.3 Å².